The molecule has 0 aromatic heterocycles. The summed E-state index contributed by atoms with van der Waals surface area (Å²) in [4.78, 5) is 16.5. The molecule has 1 amide bonds. The van der Waals surface area contributed by atoms with Crippen molar-refractivity contribution in [1.82, 2.24) is 9.80 Å². The van der Waals surface area contributed by atoms with Gasteiger partial charge in [-0.2, -0.15) is 5.26 Å². The minimum Gasteiger partial charge on any atom is -0.340 e. The Bertz CT molecular complexity index is 343. The number of nitrogens with two attached hydrogens (primary N) is 1. The van der Waals surface area contributed by atoms with E-state index in [1.165, 1.54) is 0 Å². The number of rotatable bonds is 8. The zero-order valence-electron chi connectivity index (χ0n) is 13.6. The van der Waals surface area contributed by atoms with Gasteiger partial charge >= 0.3 is 0 Å². The first-order valence-electron chi connectivity index (χ1n) is 8.15. The maximum Gasteiger partial charge on any atom is 0.222 e. The lowest BCUT2D eigenvalue weighted by Crippen LogP contribution is -2.48. The summed E-state index contributed by atoms with van der Waals surface area (Å²) in [5.74, 6) is 1.41. The average Bonchev–Trinajstić information content (AvgIpc) is 2.49. The van der Waals surface area contributed by atoms with E-state index < -0.39 is 0 Å². The minimum absolute atomic E-state index is 0.276. The summed E-state index contributed by atoms with van der Waals surface area (Å²) < 4.78 is 0. The molecule has 0 bridgehead atoms. The Labute approximate surface area is 129 Å². The first kappa shape index (κ1) is 17.9. The number of hydrogen-bond acceptors (Lipinski definition) is 4. The maximum absolute atomic E-state index is 12.3. The normalized spacial score (nSPS) is 17.8. The van der Waals surface area contributed by atoms with Crippen molar-refractivity contribution < 1.29 is 4.79 Å². The number of amides is 1. The Kier molecular flexibility index (Phi) is 8.33. The van der Waals surface area contributed by atoms with Gasteiger partial charge in [-0.1, -0.05) is 13.8 Å². The van der Waals surface area contributed by atoms with Crippen LogP contribution in [0.2, 0.25) is 0 Å². The third-order valence-electron chi connectivity index (χ3n) is 4.47. The van der Waals surface area contributed by atoms with Crippen LogP contribution < -0.4 is 5.73 Å². The molecule has 2 N–H and O–H groups in total. The Hall–Kier alpha value is -1.12. The Morgan fingerprint density at radius 2 is 1.90 bits per heavy atom. The largest absolute Gasteiger partial charge is 0.340 e. The zero-order chi connectivity index (χ0) is 15.7. The summed E-state index contributed by atoms with van der Waals surface area (Å²) in [7, 11) is 0. The van der Waals surface area contributed by atoms with Crippen molar-refractivity contribution in [2.75, 3.05) is 39.3 Å². The second-order valence-electron chi connectivity index (χ2n) is 6.25. The van der Waals surface area contributed by atoms with Crippen molar-refractivity contribution in [3.8, 4) is 6.07 Å². The first-order valence-corrected chi connectivity index (χ1v) is 8.15. The fourth-order valence-corrected chi connectivity index (χ4v) is 2.92. The lowest BCUT2D eigenvalue weighted by atomic mass is 9.88. The fraction of sp³-hybridized carbons (Fsp3) is 0.875. The van der Waals surface area contributed by atoms with E-state index in [1.54, 1.807) is 0 Å². The smallest absolute Gasteiger partial charge is 0.222 e. The van der Waals surface area contributed by atoms with Gasteiger partial charge in [-0.3, -0.25) is 9.69 Å². The lowest BCUT2D eigenvalue weighted by Gasteiger charge is -2.34. The van der Waals surface area contributed by atoms with Gasteiger partial charge in [0, 0.05) is 45.6 Å². The maximum atomic E-state index is 12.3. The van der Waals surface area contributed by atoms with E-state index >= 15 is 0 Å². The molecule has 0 aromatic carbocycles. The highest BCUT2D eigenvalue weighted by molar-refractivity contribution is 5.76. The van der Waals surface area contributed by atoms with Crippen LogP contribution in [0.1, 0.15) is 39.5 Å². The summed E-state index contributed by atoms with van der Waals surface area (Å²) in [6.45, 7) is 9.32. The molecule has 1 fully saturated rings. The van der Waals surface area contributed by atoms with E-state index in [-0.39, 0.29) is 5.91 Å². The van der Waals surface area contributed by atoms with Crippen LogP contribution >= 0.6 is 0 Å². The summed E-state index contributed by atoms with van der Waals surface area (Å²) in [6, 6.07) is 2.17. The van der Waals surface area contributed by atoms with E-state index in [0.29, 0.717) is 31.2 Å². The predicted octanol–water partition coefficient (Wildman–Crippen LogP) is 1.45. The van der Waals surface area contributed by atoms with Crippen LogP contribution in [0.5, 0.6) is 0 Å². The van der Waals surface area contributed by atoms with Crippen LogP contribution in [-0.4, -0.2) is 55.0 Å². The van der Waals surface area contributed by atoms with Crippen molar-refractivity contribution in [2.24, 2.45) is 17.6 Å². The van der Waals surface area contributed by atoms with Gasteiger partial charge in [0.15, 0.2) is 0 Å². The Morgan fingerprint density at radius 3 is 2.43 bits per heavy atom. The highest BCUT2D eigenvalue weighted by Crippen LogP contribution is 2.21. The number of hydrogen-bond donors (Lipinski definition) is 1. The van der Waals surface area contributed by atoms with Gasteiger partial charge in [-0.05, 0) is 31.2 Å². The molecular formula is C16H30N4O. The molecule has 0 radical (unpaired) electrons. The monoisotopic (exact) mass is 294 g/mol. The van der Waals surface area contributed by atoms with Gasteiger partial charge in [0.1, 0.15) is 0 Å². The van der Waals surface area contributed by atoms with E-state index in [9.17, 15) is 4.79 Å². The van der Waals surface area contributed by atoms with E-state index in [4.69, 9.17) is 11.0 Å². The molecule has 1 heterocycles. The molecule has 1 saturated heterocycles. The summed E-state index contributed by atoms with van der Waals surface area (Å²) in [5.41, 5.74) is 5.65. The first-order chi connectivity index (χ1) is 10.1. The molecule has 1 aliphatic rings. The number of carbonyl (C=O) groups excluding carboxylic acids is 1. The van der Waals surface area contributed by atoms with Gasteiger partial charge in [0.05, 0.1) is 6.07 Å². The standard InChI is InChI=1S/C16H30N4O/c1-14(2)15(6-8-18)4-5-16(21)20-12-10-19(11-13-20)9-3-7-17/h14-15H,3-6,8-13,18H2,1-2H3. The molecule has 1 atom stereocenters. The molecule has 120 valence electrons. The van der Waals surface area contributed by atoms with Crippen molar-refractivity contribution in [1.29, 1.82) is 5.26 Å². The molecule has 5 nitrogen and oxygen atoms in total. The fourth-order valence-electron chi connectivity index (χ4n) is 2.92. The average molecular weight is 294 g/mol. The van der Waals surface area contributed by atoms with Gasteiger partial charge < -0.3 is 10.6 Å². The summed E-state index contributed by atoms with van der Waals surface area (Å²) in [5, 5.41) is 8.60. The van der Waals surface area contributed by atoms with Crippen LogP contribution in [-0.2, 0) is 4.79 Å². The van der Waals surface area contributed by atoms with Gasteiger partial charge in [0.25, 0.3) is 0 Å². The number of piperazine rings is 1. The highest BCUT2D eigenvalue weighted by Gasteiger charge is 2.22. The van der Waals surface area contributed by atoms with E-state index in [0.717, 1.165) is 45.6 Å². The number of carbonyl (C=O) groups is 1. The van der Waals surface area contributed by atoms with Crippen LogP contribution in [0.25, 0.3) is 0 Å². The highest BCUT2D eigenvalue weighted by atomic mass is 16.2. The predicted molar refractivity (Wildman–Crippen MR) is 84.5 cm³/mol. The molecule has 1 unspecified atom stereocenters. The van der Waals surface area contributed by atoms with Crippen molar-refractivity contribution in [3.63, 3.8) is 0 Å². The summed E-state index contributed by atoms with van der Waals surface area (Å²) in [6.07, 6.45) is 3.17. The summed E-state index contributed by atoms with van der Waals surface area (Å²) >= 11 is 0. The third-order valence-corrected chi connectivity index (χ3v) is 4.47. The second-order valence-corrected chi connectivity index (χ2v) is 6.25. The molecule has 21 heavy (non-hydrogen) atoms. The van der Waals surface area contributed by atoms with Crippen LogP contribution in [0, 0.1) is 23.2 Å². The van der Waals surface area contributed by atoms with Gasteiger partial charge in [0.2, 0.25) is 5.91 Å². The van der Waals surface area contributed by atoms with Crippen molar-refractivity contribution in [2.45, 2.75) is 39.5 Å². The second kappa shape index (κ2) is 9.75. The molecule has 0 spiro atoms. The number of nitrogens with zero attached hydrogens (tertiary/aromatic N) is 3. The Morgan fingerprint density at radius 1 is 1.24 bits per heavy atom. The van der Waals surface area contributed by atoms with Crippen molar-refractivity contribution in [3.05, 3.63) is 0 Å². The van der Waals surface area contributed by atoms with Crippen LogP contribution in [0.15, 0.2) is 0 Å². The third kappa shape index (κ3) is 6.45. The number of nitriles is 1. The van der Waals surface area contributed by atoms with Gasteiger partial charge in [-0.25, -0.2) is 0 Å². The van der Waals surface area contributed by atoms with Crippen LogP contribution in [0.3, 0.4) is 0 Å². The molecule has 0 aromatic rings. The molecular weight excluding hydrogens is 264 g/mol. The molecule has 0 saturated carbocycles. The SMILES string of the molecule is CC(C)C(CCN)CCC(=O)N1CCN(CCC#N)CC1. The quantitative estimate of drug-likeness (QED) is 0.735. The molecule has 5 heteroatoms. The van der Waals surface area contributed by atoms with Gasteiger partial charge in [-0.15, -0.1) is 0 Å². The molecule has 0 aliphatic carbocycles. The van der Waals surface area contributed by atoms with E-state index in [2.05, 4.69) is 24.8 Å². The minimum atomic E-state index is 0.276. The topological polar surface area (TPSA) is 73.4 Å². The van der Waals surface area contributed by atoms with Crippen molar-refractivity contribution >= 4 is 5.91 Å². The molecule has 1 aliphatic heterocycles. The molecule has 1 rings (SSSR count). The Balaban J connectivity index is 2.29. The lowest BCUT2D eigenvalue weighted by molar-refractivity contribution is -0.133. The van der Waals surface area contributed by atoms with Crippen LogP contribution in [0.4, 0.5) is 0 Å². The zero-order valence-corrected chi connectivity index (χ0v) is 13.6. The van der Waals surface area contributed by atoms with E-state index in [1.807, 2.05) is 4.90 Å².